The van der Waals surface area contributed by atoms with Crippen molar-refractivity contribution in [3.8, 4) is 0 Å². The third kappa shape index (κ3) is 2.98. The predicted molar refractivity (Wildman–Crippen MR) is 54.1 cm³/mol. The highest BCUT2D eigenvalue weighted by Crippen LogP contribution is 2.03. The molecule has 1 nitrogen and oxygen atoms in total. The fourth-order valence-corrected chi connectivity index (χ4v) is 1.13. The van der Waals surface area contributed by atoms with Crippen LogP contribution in [0.15, 0.2) is 35.3 Å². The lowest BCUT2D eigenvalue weighted by Crippen LogP contribution is -2.06. The van der Waals surface area contributed by atoms with Gasteiger partial charge in [-0.15, -0.1) is 0 Å². The lowest BCUT2D eigenvalue weighted by molar-refractivity contribution is 0.578. The van der Waals surface area contributed by atoms with E-state index in [0.717, 1.165) is 5.56 Å². The van der Waals surface area contributed by atoms with E-state index in [1.54, 1.807) is 0 Å². The van der Waals surface area contributed by atoms with E-state index >= 15 is 0 Å². The Morgan fingerprint density at radius 2 is 1.92 bits per heavy atom. The minimum Gasteiger partial charge on any atom is -0.284 e. The zero-order chi connectivity index (χ0) is 9.68. The van der Waals surface area contributed by atoms with Crippen LogP contribution < -0.4 is 0 Å². The second kappa shape index (κ2) is 4.75. The molecule has 0 saturated carbocycles. The van der Waals surface area contributed by atoms with Gasteiger partial charge in [-0.25, -0.2) is 4.39 Å². The van der Waals surface area contributed by atoms with Crippen LogP contribution in [0.1, 0.15) is 19.4 Å². The first kappa shape index (κ1) is 9.90. The molecule has 1 aromatic carbocycles. The molecule has 0 fully saturated rings. The van der Waals surface area contributed by atoms with E-state index in [0.29, 0.717) is 5.71 Å². The van der Waals surface area contributed by atoms with Gasteiger partial charge in [-0.3, -0.25) is 4.99 Å². The molecule has 0 bridgehead atoms. The van der Waals surface area contributed by atoms with Crippen molar-refractivity contribution in [1.82, 2.24) is 0 Å². The summed E-state index contributed by atoms with van der Waals surface area (Å²) in [5, 5.41) is 0. The fraction of sp³-hybridized carbons (Fsp3) is 0.364. The average Bonchev–Trinajstić information content (AvgIpc) is 2.15. The van der Waals surface area contributed by atoms with Gasteiger partial charge in [0.05, 0.1) is 5.71 Å². The van der Waals surface area contributed by atoms with Crippen LogP contribution in [-0.4, -0.2) is 18.4 Å². The predicted octanol–water partition coefficient (Wildman–Crippen LogP) is 2.85. The molecule has 0 heterocycles. The van der Waals surface area contributed by atoms with Crippen LogP contribution in [0, 0.1) is 0 Å². The molecule has 2 heteroatoms. The summed E-state index contributed by atoms with van der Waals surface area (Å²) < 4.78 is 12.6. The monoisotopic (exact) mass is 179 g/mol. The number of halogens is 1. The molecule has 0 aliphatic rings. The average molecular weight is 179 g/mol. The summed E-state index contributed by atoms with van der Waals surface area (Å²) in [5.41, 5.74) is 1.41. The first-order chi connectivity index (χ1) is 6.24. The number of alkyl halides is 1. The Labute approximate surface area is 78.3 Å². The summed E-state index contributed by atoms with van der Waals surface area (Å²) in [5.74, 6) is 0. The van der Waals surface area contributed by atoms with Crippen molar-refractivity contribution in [3.05, 3.63) is 35.9 Å². The number of benzene rings is 1. The molecule has 0 aromatic heterocycles. The van der Waals surface area contributed by atoms with Gasteiger partial charge in [0.25, 0.3) is 0 Å². The summed E-state index contributed by atoms with van der Waals surface area (Å²) in [7, 11) is 0. The molecule has 0 N–H and O–H groups in total. The van der Waals surface area contributed by atoms with Crippen molar-refractivity contribution in [2.45, 2.75) is 19.9 Å². The number of aliphatic imine (C=N–C) groups is 1. The van der Waals surface area contributed by atoms with Crippen molar-refractivity contribution in [2.24, 2.45) is 4.99 Å². The molecule has 1 rings (SSSR count). The summed E-state index contributed by atoms with van der Waals surface area (Å²) in [4.78, 5) is 4.21. The van der Waals surface area contributed by atoms with Crippen LogP contribution in [0.4, 0.5) is 4.39 Å². The first-order valence-corrected chi connectivity index (χ1v) is 4.42. The van der Waals surface area contributed by atoms with Gasteiger partial charge < -0.3 is 0 Å². The highest BCUT2D eigenvalue weighted by Gasteiger charge is 2.02. The molecule has 0 spiro atoms. The lowest BCUT2D eigenvalue weighted by atomic mass is 10.1. The van der Waals surface area contributed by atoms with E-state index in [4.69, 9.17) is 0 Å². The Morgan fingerprint density at radius 1 is 1.31 bits per heavy atom. The van der Waals surface area contributed by atoms with Crippen LogP contribution in [0.2, 0.25) is 0 Å². The summed E-state index contributed by atoms with van der Waals surface area (Å²) in [6.45, 7) is 3.39. The molecule has 0 amide bonds. The van der Waals surface area contributed by atoms with Gasteiger partial charge in [0.15, 0.2) is 0 Å². The quantitative estimate of drug-likeness (QED) is 0.633. The molecular formula is C11H14FN. The van der Waals surface area contributed by atoms with E-state index in [1.165, 1.54) is 0 Å². The Balaban J connectivity index is 2.91. The molecule has 0 atom stereocenters. The van der Waals surface area contributed by atoms with Crippen LogP contribution in [-0.2, 0) is 0 Å². The van der Waals surface area contributed by atoms with Crippen molar-refractivity contribution >= 4 is 5.71 Å². The molecule has 0 unspecified atom stereocenters. The number of nitrogens with zero attached hydrogens (tertiary/aromatic N) is 1. The van der Waals surface area contributed by atoms with Crippen molar-refractivity contribution in [2.75, 3.05) is 6.67 Å². The molecule has 0 aliphatic carbocycles. The third-order valence-corrected chi connectivity index (χ3v) is 1.65. The Bertz CT molecular complexity index is 277. The molecule has 70 valence electrons. The zero-order valence-electron chi connectivity index (χ0n) is 8.00. The van der Waals surface area contributed by atoms with Gasteiger partial charge in [-0.1, -0.05) is 30.3 Å². The van der Waals surface area contributed by atoms with Gasteiger partial charge in [0, 0.05) is 6.04 Å². The first-order valence-electron chi connectivity index (χ1n) is 4.42. The number of hydrogen-bond donors (Lipinski definition) is 0. The van der Waals surface area contributed by atoms with Crippen molar-refractivity contribution in [1.29, 1.82) is 0 Å². The number of hydrogen-bond acceptors (Lipinski definition) is 1. The molecule has 1 aromatic rings. The van der Waals surface area contributed by atoms with E-state index in [1.807, 2.05) is 44.2 Å². The standard InChI is InChI=1S/C11H14FN/c1-9(2)13-11(8-12)10-6-4-3-5-7-10/h3-7,9H,8H2,1-2H3. The smallest absolute Gasteiger partial charge is 0.132 e. The van der Waals surface area contributed by atoms with Crippen LogP contribution >= 0.6 is 0 Å². The highest BCUT2D eigenvalue weighted by atomic mass is 19.1. The Kier molecular flexibility index (Phi) is 3.62. The largest absolute Gasteiger partial charge is 0.284 e. The van der Waals surface area contributed by atoms with E-state index in [9.17, 15) is 4.39 Å². The molecule has 13 heavy (non-hydrogen) atoms. The van der Waals surface area contributed by atoms with Crippen LogP contribution in [0.25, 0.3) is 0 Å². The summed E-state index contributed by atoms with van der Waals surface area (Å²) >= 11 is 0. The Hall–Kier alpha value is -1.18. The topological polar surface area (TPSA) is 12.4 Å². The fourth-order valence-electron chi connectivity index (χ4n) is 1.13. The SMILES string of the molecule is CC(C)N=C(CF)c1ccccc1. The molecular weight excluding hydrogens is 165 g/mol. The van der Waals surface area contributed by atoms with E-state index < -0.39 is 6.67 Å². The van der Waals surface area contributed by atoms with Crippen LogP contribution in [0.3, 0.4) is 0 Å². The molecule has 0 saturated heterocycles. The normalized spacial score (nSPS) is 12.2. The van der Waals surface area contributed by atoms with Gasteiger partial charge >= 0.3 is 0 Å². The van der Waals surface area contributed by atoms with E-state index in [-0.39, 0.29) is 6.04 Å². The third-order valence-electron chi connectivity index (χ3n) is 1.65. The maximum atomic E-state index is 12.6. The summed E-state index contributed by atoms with van der Waals surface area (Å²) in [6.07, 6.45) is 0. The van der Waals surface area contributed by atoms with Gasteiger partial charge in [-0.05, 0) is 19.4 Å². The van der Waals surface area contributed by atoms with Crippen molar-refractivity contribution < 1.29 is 4.39 Å². The zero-order valence-corrected chi connectivity index (χ0v) is 8.00. The highest BCUT2D eigenvalue weighted by molar-refractivity contribution is 6.01. The second-order valence-electron chi connectivity index (χ2n) is 3.17. The van der Waals surface area contributed by atoms with Gasteiger partial charge in [-0.2, -0.15) is 0 Å². The Morgan fingerprint density at radius 3 is 2.38 bits per heavy atom. The maximum absolute atomic E-state index is 12.6. The van der Waals surface area contributed by atoms with E-state index in [2.05, 4.69) is 4.99 Å². The van der Waals surface area contributed by atoms with Gasteiger partial charge in [0.1, 0.15) is 6.67 Å². The molecule has 0 aliphatic heterocycles. The minimum absolute atomic E-state index is 0.144. The summed E-state index contributed by atoms with van der Waals surface area (Å²) in [6, 6.07) is 9.59. The molecule has 0 radical (unpaired) electrons. The van der Waals surface area contributed by atoms with Crippen molar-refractivity contribution in [3.63, 3.8) is 0 Å². The minimum atomic E-state index is -0.498. The lowest BCUT2D eigenvalue weighted by Gasteiger charge is -2.04. The second-order valence-corrected chi connectivity index (χ2v) is 3.17. The van der Waals surface area contributed by atoms with Crippen LogP contribution in [0.5, 0.6) is 0 Å². The van der Waals surface area contributed by atoms with Gasteiger partial charge in [0.2, 0.25) is 0 Å². The maximum Gasteiger partial charge on any atom is 0.132 e. The number of rotatable bonds is 3.